The fourth-order valence-electron chi connectivity index (χ4n) is 0. The Hall–Kier alpha value is -0.520. The molecule has 0 saturated heterocycles. The molecule has 12 heavy (non-hydrogen) atoms. The molecule has 0 aromatic rings. The lowest BCUT2D eigenvalue weighted by Crippen LogP contribution is -1.36. The minimum atomic E-state index is 1.08. The molecule has 0 unspecified atom stereocenters. The molecule has 0 aromatic heterocycles. The van der Waals surface area contributed by atoms with Crippen molar-refractivity contribution >= 4 is 0 Å². The van der Waals surface area contributed by atoms with Crippen LogP contribution in [0.25, 0.3) is 0 Å². The Kier molecular flexibility index (Phi) is 146. The van der Waals surface area contributed by atoms with E-state index in [-0.39, 0.29) is 0 Å². The topological polar surface area (TPSA) is 0 Å². The standard InChI is InChI=1S/2C4H8.2C2H6/c2*1-3-4-2;2*1-2/h2*3H,1,4H2,2H3;2*1-2H3. The average molecular weight is 172 g/mol. The van der Waals surface area contributed by atoms with Crippen molar-refractivity contribution in [3.05, 3.63) is 25.3 Å². The largest absolute Gasteiger partial charge is 0.103 e. The molecule has 0 aliphatic carbocycles. The van der Waals surface area contributed by atoms with Gasteiger partial charge < -0.3 is 0 Å². The molecule has 0 nitrogen and oxygen atoms in total. The highest BCUT2D eigenvalue weighted by Gasteiger charge is 1.45. The molecular formula is C12H28. The fourth-order valence-corrected chi connectivity index (χ4v) is 0. The van der Waals surface area contributed by atoms with Crippen molar-refractivity contribution in [2.45, 2.75) is 54.4 Å². The van der Waals surface area contributed by atoms with Gasteiger partial charge in [0.2, 0.25) is 0 Å². The fraction of sp³-hybridized carbons (Fsp3) is 0.667. The Labute approximate surface area is 80.4 Å². The molecule has 0 radical (unpaired) electrons. The third-order valence-corrected chi connectivity index (χ3v) is 0.577. The van der Waals surface area contributed by atoms with Crippen LogP contribution in [0.4, 0.5) is 0 Å². The monoisotopic (exact) mass is 172 g/mol. The summed E-state index contributed by atoms with van der Waals surface area (Å²) in [6, 6.07) is 0. The van der Waals surface area contributed by atoms with Crippen molar-refractivity contribution in [2.75, 3.05) is 0 Å². The lowest BCUT2D eigenvalue weighted by molar-refractivity contribution is 1.23. The maximum Gasteiger partial charge on any atom is -0.0382 e. The van der Waals surface area contributed by atoms with Gasteiger partial charge in [0.1, 0.15) is 0 Å². The summed E-state index contributed by atoms with van der Waals surface area (Å²) < 4.78 is 0. The van der Waals surface area contributed by atoms with Crippen LogP contribution in [0.3, 0.4) is 0 Å². The van der Waals surface area contributed by atoms with Gasteiger partial charge in [0, 0.05) is 0 Å². The molecule has 76 valence electrons. The first-order chi connectivity index (χ1) is 5.83. The molecule has 0 N–H and O–H groups in total. The van der Waals surface area contributed by atoms with E-state index < -0.39 is 0 Å². The van der Waals surface area contributed by atoms with E-state index in [1.54, 1.807) is 0 Å². The number of hydrogen-bond donors (Lipinski definition) is 0. The smallest absolute Gasteiger partial charge is 0.0382 e. The Morgan fingerprint density at radius 3 is 0.833 bits per heavy atom. The molecule has 0 aliphatic rings. The van der Waals surface area contributed by atoms with Gasteiger partial charge >= 0.3 is 0 Å². The van der Waals surface area contributed by atoms with Crippen LogP contribution >= 0.6 is 0 Å². The summed E-state index contributed by atoms with van der Waals surface area (Å²) in [5, 5.41) is 0. The van der Waals surface area contributed by atoms with Gasteiger partial charge in [-0.1, -0.05) is 53.7 Å². The van der Waals surface area contributed by atoms with Crippen LogP contribution in [0.15, 0.2) is 25.3 Å². The molecule has 0 rings (SSSR count). The predicted molar refractivity (Wildman–Crippen MR) is 63.7 cm³/mol. The molecule has 0 saturated carbocycles. The highest BCUT2D eigenvalue weighted by Crippen LogP contribution is 1.66. The van der Waals surface area contributed by atoms with Crippen molar-refractivity contribution < 1.29 is 0 Å². The van der Waals surface area contributed by atoms with Crippen molar-refractivity contribution in [1.29, 1.82) is 0 Å². The first kappa shape index (κ1) is 22.5. The lowest BCUT2D eigenvalue weighted by atomic mass is 10.5. The maximum absolute atomic E-state index is 3.48. The van der Waals surface area contributed by atoms with E-state index in [4.69, 9.17) is 0 Å². The first-order valence-corrected chi connectivity index (χ1v) is 5.05. The van der Waals surface area contributed by atoms with Gasteiger partial charge in [0.05, 0.1) is 0 Å². The Morgan fingerprint density at radius 2 is 0.833 bits per heavy atom. The zero-order valence-corrected chi connectivity index (χ0v) is 9.98. The maximum atomic E-state index is 3.48. The third-order valence-electron chi connectivity index (χ3n) is 0.577. The number of hydrogen-bond acceptors (Lipinski definition) is 0. The van der Waals surface area contributed by atoms with Crippen molar-refractivity contribution in [3.8, 4) is 0 Å². The molecule has 0 aliphatic heterocycles. The number of allylic oxidation sites excluding steroid dienone is 2. The van der Waals surface area contributed by atoms with E-state index >= 15 is 0 Å². The molecular weight excluding hydrogens is 144 g/mol. The molecule has 0 bridgehead atoms. The van der Waals surface area contributed by atoms with E-state index in [1.165, 1.54) is 0 Å². The van der Waals surface area contributed by atoms with Crippen LogP contribution in [0.1, 0.15) is 54.4 Å². The van der Waals surface area contributed by atoms with Crippen molar-refractivity contribution in [3.63, 3.8) is 0 Å². The third kappa shape index (κ3) is 311. The van der Waals surface area contributed by atoms with Gasteiger partial charge in [-0.3, -0.25) is 0 Å². The quantitative estimate of drug-likeness (QED) is 0.501. The van der Waals surface area contributed by atoms with Gasteiger partial charge in [-0.2, -0.15) is 0 Å². The minimum absolute atomic E-state index is 1.08. The Bertz CT molecular complexity index is 36.0. The van der Waals surface area contributed by atoms with Crippen LogP contribution in [-0.4, -0.2) is 0 Å². The van der Waals surface area contributed by atoms with Crippen LogP contribution in [0.5, 0.6) is 0 Å². The summed E-state index contributed by atoms with van der Waals surface area (Å²) in [4.78, 5) is 0. The molecule has 0 aromatic carbocycles. The van der Waals surface area contributed by atoms with E-state index in [0.29, 0.717) is 0 Å². The Balaban J connectivity index is -0.0000000380. The van der Waals surface area contributed by atoms with Crippen LogP contribution < -0.4 is 0 Å². The zero-order chi connectivity index (χ0) is 10.8. The highest BCUT2D eigenvalue weighted by molar-refractivity contribution is 4.60. The van der Waals surface area contributed by atoms with Crippen LogP contribution in [0.2, 0.25) is 0 Å². The first-order valence-electron chi connectivity index (χ1n) is 5.05. The van der Waals surface area contributed by atoms with Gasteiger partial charge in [-0.15, -0.1) is 13.2 Å². The van der Waals surface area contributed by atoms with Gasteiger partial charge in [0.15, 0.2) is 0 Å². The molecule has 0 heteroatoms. The molecule has 0 heterocycles. The predicted octanol–water partition coefficient (Wildman–Crippen LogP) is 5.22. The Morgan fingerprint density at radius 1 is 0.750 bits per heavy atom. The second-order valence-electron chi connectivity index (χ2n) is 1.39. The van der Waals surface area contributed by atoms with E-state index in [1.807, 2.05) is 39.8 Å². The zero-order valence-electron chi connectivity index (χ0n) is 9.98. The minimum Gasteiger partial charge on any atom is -0.103 e. The highest BCUT2D eigenvalue weighted by atomic mass is 13.5. The van der Waals surface area contributed by atoms with Crippen LogP contribution in [-0.2, 0) is 0 Å². The second kappa shape index (κ2) is 77.8. The number of rotatable bonds is 2. The van der Waals surface area contributed by atoms with E-state index in [2.05, 4.69) is 27.0 Å². The van der Waals surface area contributed by atoms with E-state index in [9.17, 15) is 0 Å². The second-order valence-corrected chi connectivity index (χ2v) is 1.39. The summed E-state index contributed by atoms with van der Waals surface area (Å²) in [7, 11) is 0. The van der Waals surface area contributed by atoms with Crippen LogP contribution in [0, 0.1) is 0 Å². The SMILES string of the molecule is C=CCC.C=CCC.CC.CC. The average Bonchev–Trinajstić information content (AvgIpc) is 2.23. The summed E-state index contributed by atoms with van der Waals surface area (Å²) in [6.07, 6.45) is 5.92. The summed E-state index contributed by atoms with van der Waals surface area (Å²) in [5.74, 6) is 0. The lowest BCUT2D eigenvalue weighted by Gasteiger charge is -1.57. The summed E-state index contributed by atoms with van der Waals surface area (Å²) in [6.45, 7) is 19.1. The summed E-state index contributed by atoms with van der Waals surface area (Å²) >= 11 is 0. The summed E-state index contributed by atoms with van der Waals surface area (Å²) in [5.41, 5.74) is 0. The molecule has 0 spiro atoms. The van der Waals surface area contributed by atoms with Crippen molar-refractivity contribution in [1.82, 2.24) is 0 Å². The van der Waals surface area contributed by atoms with Gasteiger partial charge in [-0.25, -0.2) is 0 Å². The molecule has 0 fully saturated rings. The molecule has 0 amide bonds. The van der Waals surface area contributed by atoms with Gasteiger partial charge in [0.25, 0.3) is 0 Å². The van der Waals surface area contributed by atoms with E-state index in [0.717, 1.165) is 12.8 Å². The van der Waals surface area contributed by atoms with Crippen molar-refractivity contribution in [2.24, 2.45) is 0 Å². The molecule has 0 atom stereocenters. The van der Waals surface area contributed by atoms with Gasteiger partial charge in [-0.05, 0) is 12.8 Å². The normalized spacial score (nSPS) is 5.17.